The van der Waals surface area contributed by atoms with Gasteiger partial charge in [-0.1, -0.05) is 6.07 Å². The van der Waals surface area contributed by atoms with Crippen LogP contribution in [0, 0.1) is 0 Å². The van der Waals surface area contributed by atoms with Gasteiger partial charge in [-0.05, 0) is 18.2 Å². The highest BCUT2D eigenvalue weighted by atomic mass is 19.4. The van der Waals surface area contributed by atoms with E-state index in [-0.39, 0.29) is 18.7 Å². The number of benzene rings is 1. The van der Waals surface area contributed by atoms with Crippen molar-refractivity contribution < 1.29 is 22.7 Å². The Morgan fingerprint density at radius 2 is 1.93 bits per heavy atom. The largest absolute Gasteiger partial charge is 0.416 e. The number of nitrogens with zero attached hydrogens (tertiary/aromatic N) is 4. The van der Waals surface area contributed by atoms with Crippen molar-refractivity contribution in [2.45, 2.75) is 19.3 Å². The van der Waals surface area contributed by atoms with Gasteiger partial charge in [0.05, 0.1) is 31.0 Å². The summed E-state index contributed by atoms with van der Waals surface area (Å²) >= 11 is 0. The molecule has 2 aromatic rings. The third-order valence-corrected chi connectivity index (χ3v) is 4.66. The zero-order valence-electron chi connectivity index (χ0n) is 14.4. The Balaban J connectivity index is 1.52. The number of alkyl halides is 3. The Morgan fingerprint density at radius 3 is 2.67 bits per heavy atom. The maximum absolute atomic E-state index is 12.9. The molecule has 0 spiro atoms. The molecule has 142 valence electrons. The van der Waals surface area contributed by atoms with Gasteiger partial charge in [0, 0.05) is 37.0 Å². The lowest BCUT2D eigenvalue weighted by Crippen LogP contribution is -2.37. The van der Waals surface area contributed by atoms with E-state index in [1.54, 1.807) is 6.20 Å². The lowest BCUT2D eigenvalue weighted by atomic mass is 10.1. The summed E-state index contributed by atoms with van der Waals surface area (Å²) < 4.78 is 44.0. The van der Waals surface area contributed by atoms with Crippen LogP contribution >= 0.6 is 0 Å². The van der Waals surface area contributed by atoms with Crippen molar-refractivity contribution in [3.63, 3.8) is 0 Å². The smallest absolute Gasteiger partial charge is 0.378 e. The third-order valence-electron chi connectivity index (χ3n) is 4.66. The summed E-state index contributed by atoms with van der Waals surface area (Å²) in [7, 11) is 0. The summed E-state index contributed by atoms with van der Waals surface area (Å²) in [5, 5.41) is 0. The Kier molecular flexibility index (Phi) is 4.47. The van der Waals surface area contributed by atoms with Crippen LogP contribution in [-0.2, 0) is 24.0 Å². The van der Waals surface area contributed by atoms with Gasteiger partial charge in [-0.3, -0.25) is 4.79 Å². The molecule has 2 aliphatic heterocycles. The Labute approximate surface area is 153 Å². The minimum atomic E-state index is -4.48. The molecule has 27 heavy (non-hydrogen) atoms. The van der Waals surface area contributed by atoms with Gasteiger partial charge in [0.1, 0.15) is 0 Å². The lowest BCUT2D eigenvalue weighted by Gasteiger charge is -2.26. The van der Waals surface area contributed by atoms with Crippen LogP contribution in [0.2, 0.25) is 0 Å². The molecule has 1 amide bonds. The van der Waals surface area contributed by atoms with Gasteiger partial charge >= 0.3 is 6.18 Å². The van der Waals surface area contributed by atoms with Gasteiger partial charge in [0.2, 0.25) is 5.95 Å². The van der Waals surface area contributed by atoms with Crippen LogP contribution in [0.15, 0.2) is 30.5 Å². The molecule has 1 fully saturated rings. The van der Waals surface area contributed by atoms with Gasteiger partial charge in [-0.15, -0.1) is 0 Å². The molecule has 3 heterocycles. The van der Waals surface area contributed by atoms with Crippen LogP contribution in [0.5, 0.6) is 0 Å². The third kappa shape index (κ3) is 3.59. The number of carbonyl (C=O) groups is 1. The molecule has 1 aromatic carbocycles. The highest BCUT2D eigenvalue weighted by molar-refractivity contribution is 5.94. The predicted octanol–water partition coefficient (Wildman–Crippen LogP) is 2.49. The van der Waals surface area contributed by atoms with E-state index in [9.17, 15) is 18.0 Å². The van der Waals surface area contributed by atoms with Crippen LogP contribution < -0.4 is 4.90 Å². The van der Waals surface area contributed by atoms with Gasteiger partial charge in [-0.25, -0.2) is 9.97 Å². The molecule has 4 rings (SSSR count). The maximum Gasteiger partial charge on any atom is 0.416 e. The van der Waals surface area contributed by atoms with E-state index in [0.717, 1.165) is 23.4 Å². The topological polar surface area (TPSA) is 58.6 Å². The Hall–Kier alpha value is -2.68. The number of ether oxygens (including phenoxy) is 1. The number of amides is 1. The summed E-state index contributed by atoms with van der Waals surface area (Å²) in [5.74, 6) is 0.137. The first-order chi connectivity index (χ1) is 12.9. The summed E-state index contributed by atoms with van der Waals surface area (Å²) in [6.45, 7) is 3.16. The highest BCUT2D eigenvalue weighted by Gasteiger charge is 2.32. The van der Waals surface area contributed by atoms with Crippen molar-refractivity contribution in [1.82, 2.24) is 14.9 Å². The van der Waals surface area contributed by atoms with Crippen molar-refractivity contribution in [2.75, 3.05) is 31.2 Å². The van der Waals surface area contributed by atoms with Crippen molar-refractivity contribution >= 4 is 11.9 Å². The molecule has 0 radical (unpaired) electrons. The fourth-order valence-electron chi connectivity index (χ4n) is 3.21. The number of aromatic nitrogens is 2. The summed E-state index contributed by atoms with van der Waals surface area (Å²) in [5.41, 5.74) is 0.720. The van der Waals surface area contributed by atoms with Crippen molar-refractivity contribution in [1.29, 1.82) is 0 Å². The monoisotopic (exact) mass is 378 g/mol. The second kappa shape index (κ2) is 6.80. The Morgan fingerprint density at radius 1 is 1.15 bits per heavy atom. The van der Waals surface area contributed by atoms with Crippen LogP contribution in [-0.4, -0.2) is 47.1 Å². The highest BCUT2D eigenvalue weighted by Crippen LogP contribution is 2.30. The average Bonchev–Trinajstić information content (AvgIpc) is 3.11. The number of fused-ring (bicyclic) bond motifs is 1. The van der Waals surface area contributed by atoms with Crippen molar-refractivity contribution in [2.24, 2.45) is 0 Å². The van der Waals surface area contributed by atoms with Gasteiger partial charge in [0.25, 0.3) is 5.91 Å². The first-order valence-electron chi connectivity index (χ1n) is 8.56. The number of hydrogen-bond acceptors (Lipinski definition) is 5. The van der Waals surface area contributed by atoms with Crippen LogP contribution in [0.3, 0.4) is 0 Å². The van der Waals surface area contributed by atoms with Gasteiger partial charge in [0.15, 0.2) is 0 Å². The van der Waals surface area contributed by atoms with Crippen LogP contribution in [0.4, 0.5) is 19.1 Å². The zero-order chi connectivity index (χ0) is 19.0. The minimum absolute atomic E-state index is 0.0130. The first kappa shape index (κ1) is 17.7. The van der Waals surface area contributed by atoms with E-state index in [0.29, 0.717) is 32.3 Å². The number of anilines is 1. The van der Waals surface area contributed by atoms with E-state index in [2.05, 4.69) is 9.97 Å². The second-order valence-electron chi connectivity index (χ2n) is 6.48. The van der Waals surface area contributed by atoms with E-state index >= 15 is 0 Å². The number of hydrogen-bond donors (Lipinski definition) is 0. The number of morpholine rings is 1. The number of halogens is 3. The molecule has 1 saturated heterocycles. The van der Waals surface area contributed by atoms with Crippen molar-refractivity contribution in [3.05, 3.63) is 52.8 Å². The molecule has 9 heteroatoms. The maximum atomic E-state index is 12.9. The Bertz CT molecular complexity index is 866. The normalized spacial score (nSPS) is 17.1. The molecule has 2 aliphatic rings. The quantitative estimate of drug-likeness (QED) is 0.804. The van der Waals surface area contributed by atoms with Crippen LogP contribution in [0.1, 0.15) is 27.2 Å². The van der Waals surface area contributed by atoms with Gasteiger partial charge in [-0.2, -0.15) is 13.2 Å². The molecular formula is C18H17F3N4O2. The SMILES string of the molecule is O=C(c1cccc(C(F)(F)F)c1)N1Cc2cnc(N3CCOCC3)nc2C1. The second-order valence-corrected chi connectivity index (χ2v) is 6.48. The lowest BCUT2D eigenvalue weighted by molar-refractivity contribution is -0.137. The fourth-order valence-corrected chi connectivity index (χ4v) is 3.21. The standard InChI is InChI=1S/C18H17F3N4O2/c19-18(20,21)14-3-1-2-12(8-14)16(26)25-10-13-9-22-17(23-15(13)11-25)24-4-6-27-7-5-24/h1-3,8-9H,4-7,10-11H2. The molecule has 0 aliphatic carbocycles. The predicted molar refractivity (Wildman–Crippen MR) is 90.1 cm³/mol. The molecule has 0 unspecified atom stereocenters. The first-order valence-corrected chi connectivity index (χ1v) is 8.56. The average molecular weight is 378 g/mol. The number of rotatable bonds is 2. The molecule has 0 atom stereocenters. The zero-order valence-corrected chi connectivity index (χ0v) is 14.4. The molecule has 0 saturated carbocycles. The fraction of sp³-hybridized carbons (Fsp3) is 0.389. The molecule has 0 bridgehead atoms. The number of carbonyl (C=O) groups excluding carboxylic acids is 1. The van der Waals surface area contributed by atoms with Crippen molar-refractivity contribution in [3.8, 4) is 0 Å². The molecule has 1 aromatic heterocycles. The summed E-state index contributed by atoms with van der Waals surface area (Å²) in [6.07, 6.45) is -2.80. The summed E-state index contributed by atoms with van der Waals surface area (Å²) in [6, 6.07) is 4.48. The minimum Gasteiger partial charge on any atom is -0.378 e. The van der Waals surface area contributed by atoms with E-state index in [4.69, 9.17) is 4.74 Å². The van der Waals surface area contributed by atoms with Crippen LogP contribution in [0.25, 0.3) is 0 Å². The summed E-state index contributed by atoms with van der Waals surface area (Å²) in [4.78, 5) is 25.1. The molecule has 6 nitrogen and oxygen atoms in total. The van der Waals surface area contributed by atoms with Gasteiger partial charge < -0.3 is 14.5 Å². The van der Waals surface area contributed by atoms with E-state index < -0.39 is 17.6 Å². The molecular weight excluding hydrogens is 361 g/mol. The van der Waals surface area contributed by atoms with E-state index in [1.807, 2.05) is 4.90 Å². The van der Waals surface area contributed by atoms with E-state index in [1.165, 1.54) is 17.0 Å². The molecule has 0 N–H and O–H groups in total.